The van der Waals surface area contributed by atoms with E-state index in [0.717, 1.165) is 82.7 Å². The molecule has 3 fully saturated rings. The van der Waals surface area contributed by atoms with Gasteiger partial charge in [0, 0.05) is 30.7 Å². The Labute approximate surface area is 234 Å². The Bertz CT molecular complexity index is 1270. The van der Waals surface area contributed by atoms with E-state index in [1.807, 2.05) is 0 Å². The number of nitrogens with one attached hydrogen (secondary N) is 2. The van der Waals surface area contributed by atoms with Gasteiger partial charge in [0.05, 0.1) is 17.3 Å². The summed E-state index contributed by atoms with van der Waals surface area (Å²) in [7, 11) is 2.11. The Morgan fingerprint density at radius 3 is 2.90 bits per heavy atom. The highest BCUT2D eigenvalue weighted by Gasteiger charge is 2.48. The molecule has 2 aromatic heterocycles. The minimum absolute atomic E-state index is 0.117. The van der Waals surface area contributed by atoms with Crippen LogP contribution in [0.4, 0.5) is 0 Å². The topological polar surface area (TPSA) is 139 Å². The number of likely N-dealkylation sites (tertiary alicyclic amines) is 1. The number of ketones is 1. The van der Waals surface area contributed by atoms with E-state index in [0.29, 0.717) is 54.5 Å². The van der Waals surface area contributed by atoms with Crippen LogP contribution in [0.5, 0.6) is 5.88 Å². The number of hydrogen-bond acceptors (Lipinski definition) is 11. The summed E-state index contributed by atoms with van der Waals surface area (Å²) in [5, 5.41) is 17.4. The molecule has 3 atom stereocenters. The maximum atomic E-state index is 13.1. The fraction of sp³-hybridized carbons (Fsp3) is 0.655. The van der Waals surface area contributed by atoms with Gasteiger partial charge in [0.1, 0.15) is 24.3 Å². The van der Waals surface area contributed by atoms with Crippen molar-refractivity contribution in [2.24, 2.45) is 5.10 Å². The fourth-order valence-corrected chi connectivity index (χ4v) is 6.58. The van der Waals surface area contributed by atoms with Gasteiger partial charge < -0.3 is 18.9 Å². The number of aromatic nitrogens is 3. The van der Waals surface area contributed by atoms with Gasteiger partial charge in [-0.15, -0.1) is 0 Å². The van der Waals surface area contributed by atoms with E-state index in [9.17, 15) is 4.79 Å². The van der Waals surface area contributed by atoms with E-state index < -0.39 is 5.41 Å². The Balaban J connectivity index is 1.29. The first-order valence-electron chi connectivity index (χ1n) is 14.8. The zero-order valence-corrected chi connectivity index (χ0v) is 23.3. The second kappa shape index (κ2) is 11.7. The molecule has 2 aliphatic carbocycles. The number of likely N-dealkylation sites (N-methyl/N-ethyl adjacent to an activating group) is 1. The number of nitrogens with zero attached hydrogens (tertiary/aromatic N) is 5. The lowest BCUT2D eigenvalue weighted by molar-refractivity contribution is -0.128. The van der Waals surface area contributed by atoms with Gasteiger partial charge in [-0.1, -0.05) is 11.6 Å². The molecule has 2 aliphatic heterocycles. The maximum Gasteiger partial charge on any atom is 0.217 e. The first kappa shape index (κ1) is 27.0. The lowest BCUT2D eigenvalue weighted by Crippen LogP contribution is -2.41. The van der Waals surface area contributed by atoms with Crippen LogP contribution in [0.3, 0.4) is 0 Å². The summed E-state index contributed by atoms with van der Waals surface area (Å²) < 4.78 is 17.8. The van der Waals surface area contributed by atoms with Crippen molar-refractivity contribution in [3.8, 4) is 17.4 Å². The first-order valence-corrected chi connectivity index (χ1v) is 14.8. The molecule has 6 rings (SSSR count). The van der Waals surface area contributed by atoms with Gasteiger partial charge in [-0.2, -0.15) is 10.1 Å². The van der Waals surface area contributed by atoms with Crippen LogP contribution >= 0.6 is 0 Å². The van der Waals surface area contributed by atoms with Crippen molar-refractivity contribution in [2.45, 2.75) is 94.7 Å². The van der Waals surface area contributed by atoms with Crippen LogP contribution in [0.25, 0.3) is 11.5 Å². The van der Waals surface area contributed by atoms with Gasteiger partial charge in [0.25, 0.3) is 0 Å². The van der Waals surface area contributed by atoms with Gasteiger partial charge in [0.2, 0.25) is 5.88 Å². The number of fused-ring (bicyclic) bond motifs is 2. The summed E-state index contributed by atoms with van der Waals surface area (Å²) in [5.74, 6) is 1.68. The molecule has 1 unspecified atom stereocenters. The standard InChI is InChI=1S/C29H39N7O4/c1-36-14-7-8-19(36)18-39-25-16-22(21(30)17-31-34-24-11-3-5-15-38-24)32-28(33-25)26-20-9-6-13-29(27(20)40-35-26)12-4-2-10-23(29)37/h16-17,19,24,30,34H,2-15,18H2,1H3/b30-21?,31-17-/t19-,24?,29+/m0/s1. The van der Waals surface area contributed by atoms with E-state index in [2.05, 4.69) is 27.6 Å². The highest BCUT2D eigenvalue weighted by Crippen LogP contribution is 2.47. The van der Waals surface area contributed by atoms with E-state index in [1.165, 1.54) is 6.21 Å². The van der Waals surface area contributed by atoms with Crippen molar-refractivity contribution < 1.29 is 18.8 Å². The number of hydrazone groups is 1. The van der Waals surface area contributed by atoms with Gasteiger partial charge >= 0.3 is 0 Å². The smallest absolute Gasteiger partial charge is 0.217 e. The molecule has 2 N–H and O–H groups in total. The SMILES string of the molecule is CN1CCC[C@H]1COc1cc(C(=N)/C=N\NC2CCCCO2)nc(-c2noc3c2CCC[C@@]32CCCCC2=O)n1. The minimum atomic E-state index is -0.576. The Kier molecular flexibility index (Phi) is 7.93. The first-order chi connectivity index (χ1) is 19.5. The van der Waals surface area contributed by atoms with Crippen LogP contribution in [0.15, 0.2) is 15.7 Å². The maximum absolute atomic E-state index is 13.1. The van der Waals surface area contributed by atoms with Crippen LogP contribution in [0, 0.1) is 5.41 Å². The normalized spacial score (nSPS) is 27.3. The largest absolute Gasteiger partial charge is 0.476 e. The molecule has 4 aliphatic rings. The number of rotatable bonds is 8. The summed E-state index contributed by atoms with van der Waals surface area (Å²) >= 11 is 0. The van der Waals surface area contributed by atoms with E-state index in [-0.39, 0.29) is 17.7 Å². The molecule has 214 valence electrons. The highest BCUT2D eigenvalue weighted by atomic mass is 16.5. The van der Waals surface area contributed by atoms with Crippen molar-refractivity contribution in [1.29, 1.82) is 5.41 Å². The second-order valence-electron chi connectivity index (χ2n) is 11.6. The zero-order chi connectivity index (χ0) is 27.5. The van der Waals surface area contributed by atoms with Crippen LogP contribution in [-0.2, 0) is 21.4 Å². The van der Waals surface area contributed by atoms with Crippen molar-refractivity contribution in [3.05, 3.63) is 23.1 Å². The third-order valence-corrected chi connectivity index (χ3v) is 8.92. The molecular weight excluding hydrogens is 510 g/mol. The Morgan fingerprint density at radius 1 is 1.20 bits per heavy atom. The molecule has 2 saturated heterocycles. The van der Waals surface area contributed by atoms with Gasteiger partial charge in [0.15, 0.2) is 17.3 Å². The van der Waals surface area contributed by atoms with Gasteiger partial charge in [-0.3, -0.25) is 15.6 Å². The predicted octanol–water partition coefficient (Wildman–Crippen LogP) is 3.79. The molecule has 0 aromatic carbocycles. The number of ether oxygens (including phenoxy) is 2. The third-order valence-electron chi connectivity index (χ3n) is 8.92. The van der Waals surface area contributed by atoms with Gasteiger partial charge in [-0.25, -0.2) is 4.98 Å². The van der Waals surface area contributed by atoms with Crippen molar-refractivity contribution in [1.82, 2.24) is 25.5 Å². The lowest BCUT2D eigenvalue weighted by Gasteiger charge is -2.36. The van der Waals surface area contributed by atoms with E-state index in [1.54, 1.807) is 6.07 Å². The van der Waals surface area contributed by atoms with Gasteiger partial charge in [-0.05, 0) is 77.8 Å². The molecule has 0 radical (unpaired) electrons. The molecule has 0 amide bonds. The van der Waals surface area contributed by atoms with Crippen LogP contribution in [0.2, 0.25) is 0 Å². The minimum Gasteiger partial charge on any atom is -0.476 e. The molecule has 11 heteroatoms. The summed E-state index contributed by atoms with van der Waals surface area (Å²) in [6.45, 7) is 2.27. The number of carbonyl (C=O) groups excluding carboxylic acids is 1. The van der Waals surface area contributed by atoms with Crippen molar-refractivity contribution in [3.63, 3.8) is 0 Å². The summed E-state index contributed by atoms with van der Waals surface area (Å²) in [6, 6.07) is 2.00. The molecular formula is C29H39N7O4. The quantitative estimate of drug-likeness (QED) is 0.372. The van der Waals surface area contributed by atoms with Crippen LogP contribution in [0.1, 0.15) is 87.6 Å². The summed E-state index contributed by atoms with van der Waals surface area (Å²) in [6.07, 6.45) is 12.3. The molecule has 4 heterocycles. The fourth-order valence-electron chi connectivity index (χ4n) is 6.58. The average Bonchev–Trinajstić information content (AvgIpc) is 3.60. The molecule has 0 bridgehead atoms. The molecule has 1 spiro atoms. The highest BCUT2D eigenvalue weighted by molar-refractivity contribution is 6.36. The molecule has 1 saturated carbocycles. The summed E-state index contributed by atoms with van der Waals surface area (Å²) in [4.78, 5) is 24.9. The number of hydrogen-bond donors (Lipinski definition) is 2. The monoisotopic (exact) mass is 549 g/mol. The number of Topliss-reactive ketones (excluding diaryl/α,β-unsaturated/α-hetero) is 1. The number of carbonyl (C=O) groups is 1. The van der Waals surface area contributed by atoms with Crippen molar-refractivity contribution in [2.75, 3.05) is 26.8 Å². The summed E-state index contributed by atoms with van der Waals surface area (Å²) in [5.41, 5.74) is 4.36. The van der Waals surface area contributed by atoms with E-state index >= 15 is 0 Å². The van der Waals surface area contributed by atoms with Crippen LogP contribution < -0.4 is 10.2 Å². The zero-order valence-electron chi connectivity index (χ0n) is 23.3. The van der Waals surface area contributed by atoms with Crippen molar-refractivity contribution >= 4 is 17.7 Å². The molecule has 40 heavy (non-hydrogen) atoms. The Hall–Kier alpha value is -3.18. The molecule has 2 aromatic rings. The predicted molar refractivity (Wildman–Crippen MR) is 149 cm³/mol. The Morgan fingerprint density at radius 2 is 2.10 bits per heavy atom. The van der Waals surface area contributed by atoms with E-state index in [4.69, 9.17) is 29.4 Å². The third kappa shape index (κ3) is 5.41. The average molecular weight is 550 g/mol. The lowest BCUT2D eigenvalue weighted by atomic mass is 9.64. The van der Waals surface area contributed by atoms with Crippen LogP contribution in [-0.4, -0.2) is 76.8 Å². The second-order valence-corrected chi connectivity index (χ2v) is 11.6. The molecule has 11 nitrogen and oxygen atoms in total.